The molecular formula is C17H21NS. The molecule has 0 spiro atoms. The predicted molar refractivity (Wildman–Crippen MR) is 83.0 cm³/mol. The fourth-order valence-corrected chi connectivity index (χ4v) is 3.31. The summed E-state index contributed by atoms with van der Waals surface area (Å²) in [6.45, 7) is 3.33. The van der Waals surface area contributed by atoms with E-state index in [1.54, 1.807) is 11.3 Å². The van der Waals surface area contributed by atoms with E-state index in [2.05, 4.69) is 53.3 Å². The topological polar surface area (TPSA) is 12.0 Å². The van der Waals surface area contributed by atoms with Crippen LogP contribution in [0.4, 0.5) is 0 Å². The zero-order valence-corrected chi connectivity index (χ0v) is 12.2. The highest BCUT2D eigenvalue weighted by molar-refractivity contribution is 7.07. The van der Waals surface area contributed by atoms with Crippen molar-refractivity contribution in [3.8, 4) is 0 Å². The lowest BCUT2D eigenvalue weighted by atomic mass is 9.90. The highest BCUT2D eigenvalue weighted by Gasteiger charge is 2.23. The zero-order chi connectivity index (χ0) is 13.1. The Morgan fingerprint density at radius 1 is 1.26 bits per heavy atom. The van der Waals surface area contributed by atoms with E-state index in [0.29, 0.717) is 5.92 Å². The first-order valence-electron chi connectivity index (χ1n) is 7.13. The van der Waals surface area contributed by atoms with E-state index in [-0.39, 0.29) is 0 Å². The number of thiophene rings is 1. The van der Waals surface area contributed by atoms with Gasteiger partial charge in [-0.3, -0.25) is 0 Å². The fourth-order valence-electron chi connectivity index (χ4n) is 2.63. The SMILES string of the molecule is Cc1ccccc1C(CNC1CC1)Cc1ccsc1. The number of hydrogen-bond donors (Lipinski definition) is 1. The van der Waals surface area contributed by atoms with Crippen LogP contribution in [0.15, 0.2) is 41.1 Å². The zero-order valence-electron chi connectivity index (χ0n) is 11.4. The largest absolute Gasteiger partial charge is 0.313 e. The van der Waals surface area contributed by atoms with Crippen molar-refractivity contribution < 1.29 is 0 Å². The molecule has 1 unspecified atom stereocenters. The minimum Gasteiger partial charge on any atom is -0.313 e. The molecule has 1 N–H and O–H groups in total. The Morgan fingerprint density at radius 3 is 2.79 bits per heavy atom. The number of rotatable bonds is 6. The number of benzene rings is 1. The predicted octanol–water partition coefficient (Wildman–Crippen LogP) is 4.13. The number of aryl methyl sites for hydroxylation is 1. The molecule has 1 atom stereocenters. The van der Waals surface area contributed by atoms with Crippen molar-refractivity contribution in [3.05, 3.63) is 57.8 Å². The summed E-state index contributed by atoms with van der Waals surface area (Å²) in [4.78, 5) is 0. The number of nitrogens with one attached hydrogen (secondary N) is 1. The molecule has 1 heterocycles. The highest BCUT2D eigenvalue weighted by Crippen LogP contribution is 2.26. The van der Waals surface area contributed by atoms with E-state index in [1.807, 2.05) is 0 Å². The fraction of sp³-hybridized carbons (Fsp3) is 0.412. The summed E-state index contributed by atoms with van der Waals surface area (Å²) >= 11 is 1.80. The second kappa shape index (κ2) is 5.89. The summed E-state index contributed by atoms with van der Waals surface area (Å²) in [6, 6.07) is 11.9. The van der Waals surface area contributed by atoms with Gasteiger partial charge in [-0.2, -0.15) is 11.3 Å². The Morgan fingerprint density at radius 2 is 2.11 bits per heavy atom. The van der Waals surface area contributed by atoms with Crippen LogP contribution >= 0.6 is 11.3 Å². The summed E-state index contributed by atoms with van der Waals surface area (Å²) in [7, 11) is 0. The van der Waals surface area contributed by atoms with Gasteiger partial charge in [-0.15, -0.1) is 0 Å². The molecule has 1 aromatic carbocycles. The molecule has 1 saturated carbocycles. The van der Waals surface area contributed by atoms with Gasteiger partial charge in [0.15, 0.2) is 0 Å². The van der Waals surface area contributed by atoms with Crippen molar-refractivity contribution in [3.63, 3.8) is 0 Å². The van der Waals surface area contributed by atoms with Crippen molar-refractivity contribution in [2.75, 3.05) is 6.54 Å². The summed E-state index contributed by atoms with van der Waals surface area (Å²) in [5.74, 6) is 0.594. The molecule has 0 aliphatic heterocycles. The average Bonchev–Trinajstić information content (AvgIpc) is 3.11. The lowest BCUT2D eigenvalue weighted by molar-refractivity contribution is 0.576. The molecule has 0 bridgehead atoms. The molecule has 0 amide bonds. The smallest absolute Gasteiger partial charge is 0.00684 e. The van der Waals surface area contributed by atoms with Gasteiger partial charge in [0.05, 0.1) is 0 Å². The quantitative estimate of drug-likeness (QED) is 0.833. The van der Waals surface area contributed by atoms with Gasteiger partial charge in [-0.25, -0.2) is 0 Å². The van der Waals surface area contributed by atoms with Gasteiger partial charge in [-0.1, -0.05) is 24.3 Å². The lowest BCUT2D eigenvalue weighted by Crippen LogP contribution is -2.25. The van der Waals surface area contributed by atoms with E-state index >= 15 is 0 Å². The maximum absolute atomic E-state index is 3.70. The Hall–Kier alpha value is -1.12. The van der Waals surface area contributed by atoms with Gasteiger partial charge >= 0.3 is 0 Å². The molecule has 1 aliphatic carbocycles. The first kappa shape index (κ1) is 12.9. The molecule has 3 rings (SSSR count). The first-order valence-corrected chi connectivity index (χ1v) is 8.07. The van der Waals surface area contributed by atoms with Gasteiger partial charge < -0.3 is 5.32 Å². The van der Waals surface area contributed by atoms with Crippen molar-refractivity contribution >= 4 is 11.3 Å². The minimum atomic E-state index is 0.594. The standard InChI is InChI=1S/C17H21NS/c1-13-4-2-3-5-17(13)15(11-18-16-6-7-16)10-14-8-9-19-12-14/h2-5,8-9,12,15-16,18H,6-7,10-11H2,1H3. The van der Waals surface area contributed by atoms with Gasteiger partial charge in [0.25, 0.3) is 0 Å². The summed E-state index contributed by atoms with van der Waals surface area (Å²) in [5.41, 5.74) is 4.39. The lowest BCUT2D eigenvalue weighted by Gasteiger charge is -2.20. The molecule has 1 fully saturated rings. The van der Waals surface area contributed by atoms with Crippen molar-refractivity contribution in [2.24, 2.45) is 0 Å². The molecule has 0 saturated heterocycles. The van der Waals surface area contributed by atoms with Crippen LogP contribution in [0, 0.1) is 6.92 Å². The van der Waals surface area contributed by atoms with E-state index in [4.69, 9.17) is 0 Å². The molecular weight excluding hydrogens is 250 g/mol. The highest BCUT2D eigenvalue weighted by atomic mass is 32.1. The number of hydrogen-bond acceptors (Lipinski definition) is 2. The molecule has 1 nitrogen and oxygen atoms in total. The van der Waals surface area contributed by atoms with Crippen molar-refractivity contribution in [1.29, 1.82) is 0 Å². The van der Waals surface area contributed by atoms with Gasteiger partial charge in [0.1, 0.15) is 0 Å². The van der Waals surface area contributed by atoms with Gasteiger partial charge in [0.2, 0.25) is 0 Å². The van der Waals surface area contributed by atoms with E-state index in [9.17, 15) is 0 Å². The molecule has 19 heavy (non-hydrogen) atoms. The van der Waals surface area contributed by atoms with Crippen LogP contribution in [0.2, 0.25) is 0 Å². The van der Waals surface area contributed by atoms with E-state index in [0.717, 1.165) is 19.0 Å². The molecule has 100 valence electrons. The molecule has 2 aromatic rings. The Kier molecular flexibility index (Phi) is 4.00. The summed E-state index contributed by atoms with van der Waals surface area (Å²) < 4.78 is 0. The minimum absolute atomic E-state index is 0.594. The van der Waals surface area contributed by atoms with Crippen LogP contribution in [-0.4, -0.2) is 12.6 Å². The third-order valence-electron chi connectivity index (χ3n) is 3.92. The Balaban J connectivity index is 1.76. The van der Waals surface area contributed by atoms with Crippen LogP contribution < -0.4 is 5.32 Å². The van der Waals surface area contributed by atoms with Crippen LogP contribution in [-0.2, 0) is 6.42 Å². The van der Waals surface area contributed by atoms with E-state index in [1.165, 1.54) is 29.5 Å². The summed E-state index contributed by atoms with van der Waals surface area (Å²) in [5, 5.41) is 8.16. The van der Waals surface area contributed by atoms with Crippen LogP contribution in [0.3, 0.4) is 0 Å². The first-order chi connectivity index (χ1) is 9.33. The van der Waals surface area contributed by atoms with Crippen LogP contribution in [0.5, 0.6) is 0 Å². The third kappa shape index (κ3) is 3.46. The van der Waals surface area contributed by atoms with Crippen molar-refractivity contribution in [2.45, 2.75) is 38.1 Å². The van der Waals surface area contributed by atoms with E-state index < -0.39 is 0 Å². The van der Waals surface area contributed by atoms with Gasteiger partial charge in [-0.05, 0) is 59.7 Å². The Labute approximate surface area is 119 Å². The molecule has 0 radical (unpaired) electrons. The van der Waals surface area contributed by atoms with Crippen LogP contribution in [0.25, 0.3) is 0 Å². The summed E-state index contributed by atoms with van der Waals surface area (Å²) in [6.07, 6.45) is 3.87. The maximum Gasteiger partial charge on any atom is 0.00684 e. The monoisotopic (exact) mass is 271 g/mol. The third-order valence-corrected chi connectivity index (χ3v) is 4.65. The molecule has 2 heteroatoms. The Bertz CT molecular complexity index is 514. The average molecular weight is 271 g/mol. The molecule has 1 aliphatic rings. The normalized spacial score (nSPS) is 16.5. The van der Waals surface area contributed by atoms with Gasteiger partial charge in [0, 0.05) is 18.5 Å². The molecule has 1 aromatic heterocycles. The van der Waals surface area contributed by atoms with Crippen LogP contribution in [0.1, 0.15) is 35.4 Å². The maximum atomic E-state index is 3.70. The second-order valence-corrected chi connectivity index (χ2v) is 6.35. The van der Waals surface area contributed by atoms with Crippen molar-refractivity contribution in [1.82, 2.24) is 5.32 Å². The second-order valence-electron chi connectivity index (χ2n) is 5.57.